The number of rotatable bonds is 6. The Morgan fingerprint density at radius 1 is 1.21 bits per heavy atom. The normalized spacial score (nSPS) is 18.7. The maximum atomic E-state index is 13.5. The molecule has 1 aliphatic heterocycles. The number of nitrogens with zero attached hydrogens (tertiary/aromatic N) is 1. The Morgan fingerprint density at radius 2 is 1.93 bits per heavy atom. The number of carbonyl (C=O) groups is 3. The van der Waals surface area contributed by atoms with Crippen LogP contribution in [-0.2, 0) is 9.59 Å². The first-order chi connectivity index (χ1) is 13.9. The average molecular weight is 397 g/mol. The average Bonchev–Trinajstić information content (AvgIpc) is 2.71. The minimum absolute atomic E-state index is 0.0345. The van der Waals surface area contributed by atoms with Crippen molar-refractivity contribution in [2.45, 2.75) is 44.8 Å². The summed E-state index contributed by atoms with van der Waals surface area (Å²) in [6.45, 7) is 3.59. The van der Waals surface area contributed by atoms with Crippen LogP contribution in [0.2, 0.25) is 0 Å². The van der Waals surface area contributed by atoms with Crippen molar-refractivity contribution < 1.29 is 18.8 Å². The van der Waals surface area contributed by atoms with Gasteiger partial charge in [0.05, 0.1) is 18.5 Å². The van der Waals surface area contributed by atoms with Gasteiger partial charge in [0.2, 0.25) is 11.8 Å². The van der Waals surface area contributed by atoms with Crippen molar-refractivity contribution >= 4 is 17.8 Å². The largest absolute Gasteiger partial charge is 0.348 e. The number of carbonyl (C=O) groups excluding carboxylic acids is 3. The summed E-state index contributed by atoms with van der Waals surface area (Å²) < 4.78 is 13.5. The molecule has 0 aliphatic carbocycles. The van der Waals surface area contributed by atoms with Gasteiger partial charge >= 0.3 is 6.03 Å². The summed E-state index contributed by atoms with van der Waals surface area (Å²) in [7, 11) is 0. The molecule has 7 heteroatoms. The van der Waals surface area contributed by atoms with E-state index in [9.17, 15) is 18.8 Å². The van der Waals surface area contributed by atoms with Crippen LogP contribution in [-0.4, -0.2) is 28.8 Å². The van der Waals surface area contributed by atoms with Crippen molar-refractivity contribution in [1.82, 2.24) is 15.5 Å². The standard InChI is InChI=1S/C22H24FN3O3/c1-3-19(21(28)24-14(2)15-8-5-4-6-9-15)26-20(27)13-18(25-22(26)29)16-10-7-11-17(23)12-16/h4-12,14,18-19H,3,13H2,1-2H3,(H,24,28)(H,25,29). The van der Waals surface area contributed by atoms with Gasteiger partial charge in [-0.05, 0) is 36.6 Å². The molecule has 1 saturated heterocycles. The van der Waals surface area contributed by atoms with Crippen molar-refractivity contribution in [2.75, 3.05) is 0 Å². The van der Waals surface area contributed by atoms with Crippen molar-refractivity contribution in [3.05, 3.63) is 71.5 Å². The van der Waals surface area contributed by atoms with Gasteiger partial charge in [-0.15, -0.1) is 0 Å². The third-order valence-electron chi connectivity index (χ3n) is 5.07. The van der Waals surface area contributed by atoms with Crippen molar-refractivity contribution in [2.24, 2.45) is 0 Å². The van der Waals surface area contributed by atoms with E-state index in [1.54, 1.807) is 13.0 Å². The Balaban J connectivity index is 1.71. The summed E-state index contributed by atoms with van der Waals surface area (Å²) in [5, 5.41) is 5.59. The Kier molecular flexibility index (Phi) is 6.26. The molecule has 152 valence electrons. The second-order valence-corrected chi connectivity index (χ2v) is 7.09. The molecule has 3 atom stereocenters. The van der Waals surface area contributed by atoms with E-state index < -0.39 is 35.7 Å². The lowest BCUT2D eigenvalue weighted by molar-refractivity contribution is -0.139. The molecule has 2 aromatic rings. The Hall–Kier alpha value is -3.22. The van der Waals surface area contributed by atoms with E-state index in [2.05, 4.69) is 10.6 Å². The molecule has 0 radical (unpaired) electrons. The minimum Gasteiger partial charge on any atom is -0.348 e. The fourth-order valence-electron chi connectivity index (χ4n) is 3.52. The Labute approximate surface area is 169 Å². The number of nitrogens with one attached hydrogen (secondary N) is 2. The third-order valence-corrected chi connectivity index (χ3v) is 5.07. The zero-order valence-corrected chi connectivity index (χ0v) is 16.4. The first-order valence-electron chi connectivity index (χ1n) is 9.64. The predicted octanol–water partition coefficient (Wildman–Crippen LogP) is 3.46. The Bertz CT molecular complexity index is 885. The molecule has 2 N–H and O–H groups in total. The van der Waals surface area contributed by atoms with E-state index in [0.29, 0.717) is 5.56 Å². The molecular weight excluding hydrogens is 373 g/mol. The van der Waals surface area contributed by atoms with Gasteiger partial charge in [-0.25, -0.2) is 9.18 Å². The first kappa shape index (κ1) is 20.5. The quantitative estimate of drug-likeness (QED) is 0.784. The molecule has 6 nitrogen and oxygen atoms in total. The molecule has 2 aromatic carbocycles. The van der Waals surface area contributed by atoms with Crippen molar-refractivity contribution in [3.63, 3.8) is 0 Å². The topological polar surface area (TPSA) is 78.5 Å². The van der Waals surface area contributed by atoms with Crippen LogP contribution in [0.15, 0.2) is 54.6 Å². The highest BCUT2D eigenvalue weighted by Gasteiger charge is 2.39. The Morgan fingerprint density at radius 3 is 2.55 bits per heavy atom. The van der Waals surface area contributed by atoms with E-state index in [1.807, 2.05) is 37.3 Å². The second-order valence-electron chi connectivity index (χ2n) is 7.09. The van der Waals surface area contributed by atoms with Gasteiger partial charge in [-0.2, -0.15) is 0 Å². The summed E-state index contributed by atoms with van der Waals surface area (Å²) in [5.41, 5.74) is 1.44. The first-order valence-corrected chi connectivity index (χ1v) is 9.64. The number of halogens is 1. The highest BCUT2D eigenvalue weighted by atomic mass is 19.1. The number of urea groups is 1. The molecule has 0 spiro atoms. The fourth-order valence-corrected chi connectivity index (χ4v) is 3.52. The zero-order valence-electron chi connectivity index (χ0n) is 16.4. The van der Waals surface area contributed by atoms with Gasteiger partial charge in [-0.1, -0.05) is 49.4 Å². The van der Waals surface area contributed by atoms with E-state index in [4.69, 9.17) is 0 Å². The zero-order chi connectivity index (χ0) is 21.0. The summed E-state index contributed by atoms with van der Waals surface area (Å²) in [4.78, 5) is 39.2. The minimum atomic E-state index is -0.915. The van der Waals surface area contributed by atoms with Crippen LogP contribution in [0.25, 0.3) is 0 Å². The summed E-state index contributed by atoms with van der Waals surface area (Å²) >= 11 is 0. The third kappa shape index (κ3) is 4.62. The van der Waals surface area contributed by atoms with E-state index >= 15 is 0 Å². The summed E-state index contributed by atoms with van der Waals surface area (Å²) in [6.07, 6.45) is 0.254. The molecule has 1 fully saturated rings. The summed E-state index contributed by atoms with van der Waals surface area (Å²) in [5.74, 6) is -1.29. The molecular formula is C22H24FN3O3. The number of amides is 4. The molecule has 3 rings (SSSR count). The van der Waals surface area contributed by atoms with Crippen LogP contribution in [0.5, 0.6) is 0 Å². The lowest BCUT2D eigenvalue weighted by Gasteiger charge is -2.36. The van der Waals surface area contributed by atoms with Crippen LogP contribution >= 0.6 is 0 Å². The predicted molar refractivity (Wildman–Crippen MR) is 106 cm³/mol. The molecule has 29 heavy (non-hydrogen) atoms. The molecule has 0 bridgehead atoms. The van der Waals surface area contributed by atoms with Crippen LogP contribution in [0.4, 0.5) is 9.18 Å². The van der Waals surface area contributed by atoms with Gasteiger partial charge in [0, 0.05) is 0 Å². The number of hydrogen-bond acceptors (Lipinski definition) is 3. The van der Waals surface area contributed by atoms with Gasteiger partial charge in [0.15, 0.2) is 0 Å². The molecule has 1 heterocycles. The second kappa shape index (κ2) is 8.86. The van der Waals surface area contributed by atoms with Crippen molar-refractivity contribution in [3.8, 4) is 0 Å². The van der Waals surface area contributed by atoms with Gasteiger partial charge < -0.3 is 10.6 Å². The maximum absolute atomic E-state index is 13.5. The van der Waals surface area contributed by atoms with Gasteiger partial charge in [-0.3, -0.25) is 14.5 Å². The van der Waals surface area contributed by atoms with Crippen LogP contribution in [0, 0.1) is 5.82 Å². The number of benzene rings is 2. The van der Waals surface area contributed by atoms with E-state index in [0.717, 1.165) is 10.5 Å². The maximum Gasteiger partial charge on any atom is 0.325 e. The number of imide groups is 1. The smallest absolute Gasteiger partial charge is 0.325 e. The van der Waals surface area contributed by atoms with Crippen LogP contribution < -0.4 is 10.6 Å². The SMILES string of the molecule is CCC(C(=O)NC(C)c1ccccc1)N1C(=O)CC(c2cccc(F)c2)NC1=O. The summed E-state index contributed by atoms with van der Waals surface area (Å²) in [6, 6.07) is 12.8. The van der Waals surface area contributed by atoms with E-state index in [1.165, 1.54) is 18.2 Å². The molecule has 1 aliphatic rings. The highest BCUT2D eigenvalue weighted by Crippen LogP contribution is 2.25. The van der Waals surface area contributed by atoms with Gasteiger partial charge in [0.1, 0.15) is 11.9 Å². The van der Waals surface area contributed by atoms with Crippen LogP contribution in [0.1, 0.15) is 49.9 Å². The van der Waals surface area contributed by atoms with Gasteiger partial charge in [0.25, 0.3) is 0 Å². The van der Waals surface area contributed by atoms with Crippen LogP contribution in [0.3, 0.4) is 0 Å². The van der Waals surface area contributed by atoms with Crippen molar-refractivity contribution in [1.29, 1.82) is 0 Å². The lowest BCUT2D eigenvalue weighted by atomic mass is 9.99. The molecule has 4 amide bonds. The fraction of sp³-hybridized carbons (Fsp3) is 0.318. The van der Waals surface area contributed by atoms with E-state index in [-0.39, 0.29) is 18.9 Å². The molecule has 0 saturated carbocycles. The highest BCUT2D eigenvalue weighted by molar-refractivity contribution is 6.02. The monoisotopic (exact) mass is 397 g/mol. The lowest BCUT2D eigenvalue weighted by Crippen LogP contribution is -2.59. The molecule has 0 aromatic heterocycles. The molecule has 3 unspecified atom stereocenters. The number of hydrogen-bond donors (Lipinski definition) is 2.